The quantitative estimate of drug-likeness (QED) is 0.469. The lowest BCUT2D eigenvalue weighted by Gasteiger charge is -2.34. The van der Waals surface area contributed by atoms with Crippen LogP contribution in [-0.4, -0.2) is 73.0 Å². The summed E-state index contributed by atoms with van der Waals surface area (Å²) in [5, 5.41) is 9.60. The minimum atomic E-state index is -0.798. The molecular formula is C29H37Cl2N5O4. The van der Waals surface area contributed by atoms with Crippen LogP contribution in [-0.2, 0) is 14.4 Å². The van der Waals surface area contributed by atoms with Crippen molar-refractivity contribution >= 4 is 53.0 Å². The molecule has 4 fully saturated rings. The standard InChI is InChI=1S/C29H37Cl2N5O4/c1-29(2)19-14-36-24(23(19)29)27(39)34-17(13-32-3)11-18-16(12-33-26(18)38)6-4-5-7-22(28(36)40)35-25(37)15-8-9-20(30)21(31)10-15/h8-10,13,16-19,22-24H,4-7,11-12,14H2,1-3H3,(H,33,38)(H,34,39)(H,35,37)/t16-,17-,18-,19-,22-,23-,24-/m0/s1. The average molecular weight is 591 g/mol. The predicted octanol–water partition coefficient (Wildman–Crippen LogP) is 3.09. The number of amides is 4. The highest BCUT2D eigenvalue weighted by Crippen LogP contribution is 2.65. The Bertz CT molecular complexity index is 1240. The van der Waals surface area contributed by atoms with Crippen molar-refractivity contribution in [1.29, 1.82) is 0 Å². The van der Waals surface area contributed by atoms with Gasteiger partial charge in [-0.15, -0.1) is 0 Å². The highest BCUT2D eigenvalue weighted by molar-refractivity contribution is 6.42. The molecule has 3 saturated heterocycles. The van der Waals surface area contributed by atoms with Gasteiger partial charge in [0.25, 0.3) is 5.91 Å². The highest BCUT2D eigenvalue weighted by atomic mass is 35.5. The fraction of sp³-hybridized carbons (Fsp3) is 0.621. The lowest BCUT2D eigenvalue weighted by molar-refractivity contribution is -0.142. The molecule has 0 radical (unpaired) electrons. The van der Waals surface area contributed by atoms with Crippen LogP contribution < -0.4 is 16.0 Å². The van der Waals surface area contributed by atoms with E-state index in [9.17, 15) is 19.2 Å². The third-order valence-corrected chi connectivity index (χ3v) is 10.2. The van der Waals surface area contributed by atoms with Gasteiger partial charge in [-0.1, -0.05) is 49.9 Å². The van der Waals surface area contributed by atoms with E-state index < -0.39 is 24.0 Å². The maximum atomic E-state index is 14.0. The Morgan fingerprint density at radius 3 is 2.60 bits per heavy atom. The van der Waals surface area contributed by atoms with Crippen molar-refractivity contribution in [1.82, 2.24) is 20.9 Å². The fourth-order valence-corrected chi connectivity index (χ4v) is 7.40. The molecule has 40 heavy (non-hydrogen) atoms. The number of carbonyl (C=O) groups excluding carboxylic acids is 4. The van der Waals surface area contributed by atoms with Gasteiger partial charge in [0.2, 0.25) is 17.7 Å². The molecule has 1 aromatic carbocycles. The minimum Gasteiger partial charge on any atom is -0.356 e. The molecule has 0 spiro atoms. The molecule has 9 nitrogen and oxygen atoms in total. The lowest BCUT2D eigenvalue weighted by atomic mass is 9.85. The summed E-state index contributed by atoms with van der Waals surface area (Å²) in [4.78, 5) is 59.6. The maximum Gasteiger partial charge on any atom is 0.251 e. The molecule has 1 saturated carbocycles. The number of rotatable bonds is 3. The van der Waals surface area contributed by atoms with Gasteiger partial charge in [-0.2, -0.15) is 0 Å². The number of carbonyl (C=O) groups is 4. The molecule has 5 rings (SSSR count). The van der Waals surface area contributed by atoms with Crippen molar-refractivity contribution in [2.24, 2.45) is 34.1 Å². The second-order valence-corrected chi connectivity index (χ2v) is 13.0. The fourth-order valence-electron chi connectivity index (χ4n) is 7.11. The number of piperidine rings is 1. The third-order valence-electron chi connectivity index (χ3n) is 9.47. The first-order valence-corrected chi connectivity index (χ1v) is 14.8. The summed E-state index contributed by atoms with van der Waals surface area (Å²) < 4.78 is 0. The molecule has 11 heteroatoms. The molecule has 0 bridgehead atoms. The van der Waals surface area contributed by atoms with E-state index in [2.05, 4.69) is 34.8 Å². The Labute approximate surface area is 244 Å². The molecule has 1 aliphatic carbocycles. The van der Waals surface area contributed by atoms with Crippen LogP contribution in [0.15, 0.2) is 23.2 Å². The van der Waals surface area contributed by atoms with Crippen molar-refractivity contribution in [2.75, 3.05) is 20.1 Å². The third kappa shape index (κ3) is 5.47. The summed E-state index contributed by atoms with van der Waals surface area (Å²) in [5.74, 6) is -0.752. The van der Waals surface area contributed by atoms with Crippen molar-refractivity contribution < 1.29 is 19.2 Å². The first kappa shape index (κ1) is 28.9. The second-order valence-electron chi connectivity index (χ2n) is 12.2. The van der Waals surface area contributed by atoms with Crippen molar-refractivity contribution in [3.05, 3.63) is 33.8 Å². The van der Waals surface area contributed by atoms with Crippen molar-refractivity contribution in [3.63, 3.8) is 0 Å². The SMILES string of the molecule is CN=C[C@@H]1C[C@@H]2C(=O)NC[C@@H]2CCCC[C@H](NC(=O)c2ccc(Cl)c(Cl)c2)C(=O)N2C[C@H]3[C@@H]([C@H]2C(=O)N1)C3(C)C. The van der Waals surface area contributed by atoms with E-state index in [1.165, 1.54) is 6.07 Å². The Balaban J connectivity index is 1.43. The number of aliphatic imine (C=N–C) groups is 1. The number of halogens is 2. The molecule has 0 aromatic heterocycles. The molecule has 1 aromatic rings. The molecule has 3 N–H and O–H groups in total. The zero-order chi connectivity index (χ0) is 28.8. The van der Waals surface area contributed by atoms with Crippen LogP contribution in [0.3, 0.4) is 0 Å². The van der Waals surface area contributed by atoms with Crippen molar-refractivity contribution in [3.8, 4) is 0 Å². The van der Waals surface area contributed by atoms with Gasteiger partial charge in [0.05, 0.1) is 16.1 Å². The van der Waals surface area contributed by atoms with Crippen LogP contribution in [0.5, 0.6) is 0 Å². The normalized spacial score (nSPS) is 33.9. The Morgan fingerprint density at radius 1 is 1.12 bits per heavy atom. The first-order valence-electron chi connectivity index (χ1n) is 14.1. The molecule has 3 heterocycles. The summed E-state index contributed by atoms with van der Waals surface area (Å²) in [5.41, 5.74) is 0.245. The van der Waals surface area contributed by atoms with E-state index >= 15 is 0 Å². The molecule has 4 amide bonds. The van der Waals surface area contributed by atoms with Crippen LogP contribution in [0.2, 0.25) is 10.0 Å². The van der Waals surface area contributed by atoms with Crippen LogP contribution >= 0.6 is 23.2 Å². The maximum absolute atomic E-state index is 14.0. The number of hydrogen-bond donors (Lipinski definition) is 3. The van der Waals surface area contributed by atoms with Crippen LogP contribution in [0.25, 0.3) is 0 Å². The second kappa shape index (κ2) is 11.3. The summed E-state index contributed by atoms with van der Waals surface area (Å²) >= 11 is 12.2. The lowest BCUT2D eigenvalue weighted by Crippen LogP contribution is -2.57. The molecule has 0 unspecified atom stereocenters. The van der Waals surface area contributed by atoms with E-state index in [0.29, 0.717) is 42.9 Å². The summed E-state index contributed by atoms with van der Waals surface area (Å²) in [6.07, 6.45) is 4.89. The highest BCUT2D eigenvalue weighted by Gasteiger charge is 2.69. The van der Waals surface area contributed by atoms with Gasteiger partial charge in [-0.3, -0.25) is 24.2 Å². The van der Waals surface area contributed by atoms with Crippen LogP contribution in [0.4, 0.5) is 0 Å². The minimum absolute atomic E-state index is 0.00803. The number of hydrogen-bond acceptors (Lipinski definition) is 5. The number of nitrogens with one attached hydrogen (secondary N) is 3. The van der Waals surface area contributed by atoms with Gasteiger partial charge in [0.15, 0.2) is 0 Å². The van der Waals surface area contributed by atoms with Crippen molar-refractivity contribution in [2.45, 2.75) is 64.1 Å². The summed E-state index contributed by atoms with van der Waals surface area (Å²) in [6.45, 7) is 5.32. The van der Waals surface area contributed by atoms with Gasteiger partial charge in [0.1, 0.15) is 12.1 Å². The monoisotopic (exact) mass is 589 g/mol. The van der Waals surface area contributed by atoms with Gasteiger partial charge >= 0.3 is 0 Å². The molecule has 7 atom stereocenters. The van der Waals surface area contributed by atoms with Gasteiger partial charge in [-0.25, -0.2) is 0 Å². The Kier molecular flexibility index (Phi) is 8.17. The zero-order valence-corrected chi connectivity index (χ0v) is 24.6. The van der Waals surface area contributed by atoms with Gasteiger partial charge < -0.3 is 20.9 Å². The van der Waals surface area contributed by atoms with Crippen LogP contribution in [0, 0.1) is 29.1 Å². The topological polar surface area (TPSA) is 120 Å². The summed E-state index contributed by atoms with van der Waals surface area (Å²) in [6, 6.07) is 2.73. The number of benzene rings is 1. The Hall–Kier alpha value is -2.65. The van der Waals surface area contributed by atoms with E-state index in [1.807, 2.05) is 0 Å². The van der Waals surface area contributed by atoms with E-state index in [-0.39, 0.29) is 51.8 Å². The number of fused-ring (bicyclic) bond motifs is 4. The van der Waals surface area contributed by atoms with E-state index in [1.54, 1.807) is 30.3 Å². The van der Waals surface area contributed by atoms with Crippen LogP contribution in [0.1, 0.15) is 56.3 Å². The van der Waals surface area contributed by atoms with Gasteiger partial charge in [0, 0.05) is 37.8 Å². The van der Waals surface area contributed by atoms with E-state index in [0.717, 1.165) is 12.8 Å². The number of nitrogens with zero attached hydrogens (tertiary/aromatic N) is 2. The first-order chi connectivity index (χ1) is 19.0. The van der Waals surface area contributed by atoms with E-state index in [4.69, 9.17) is 23.2 Å². The largest absolute Gasteiger partial charge is 0.356 e. The predicted molar refractivity (Wildman–Crippen MR) is 153 cm³/mol. The zero-order valence-electron chi connectivity index (χ0n) is 23.1. The smallest absolute Gasteiger partial charge is 0.251 e. The molecule has 216 valence electrons. The molecule has 3 aliphatic heterocycles. The van der Waals surface area contributed by atoms with Gasteiger partial charge in [-0.05, 0) is 60.6 Å². The molecule has 4 aliphatic rings. The average Bonchev–Trinajstić information content (AvgIpc) is 3.21. The Morgan fingerprint density at radius 2 is 1.88 bits per heavy atom. The molecular weight excluding hydrogens is 553 g/mol. The summed E-state index contributed by atoms with van der Waals surface area (Å²) in [7, 11) is 1.65.